The van der Waals surface area contributed by atoms with Crippen molar-refractivity contribution < 1.29 is 13.2 Å². The molecule has 112 valence electrons. The van der Waals surface area contributed by atoms with Crippen LogP contribution < -0.4 is 11.1 Å². The lowest BCUT2D eigenvalue weighted by molar-refractivity contribution is -0.120. The fourth-order valence-electron chi connectivity index (χ4n) is 1.69. The predicted octanol–water partition coefficient (Wildman–Crippen LogP) is 0.988. The maximum absolute atomic E-state index is 11.7. The van der Waals surface area contributed by atoms with Gasteiger partial charge in [0.15, 0.2) is 15.0 Å². The van der Waals surface area contributed by atoms with E-state index >= 15 is 0 Å². The molecule has 21 heavy (non-hydrogen) atoms. The molecule has 2 aromatic rings. The summed E-state index contributed by atoms with van der Waals surface area (Å²) in [5.41, 5.74) is 6.96. The second-order valence-corrected chi connectivity index (χ2v) is 7.45. The number of nitrogen functional groups attached to an aromatic ring is 1. The topological polar surface area (TPSA) is 102 Å². The van der Waals surface area contributed by atoms with E-state index in [0.29, 0.717) is 17.4 Å². The first-order chi connectivity index (χ1) is 9.84. The summed E-state index contributed by atoms with van der Waals surface area (Å²) in [7, 11) is -3.20. The molecule has 0 fully saturated rings. The summed E-state index contributed by atoms with van der Waals surface area (Å²) in [5, 5.41) is 4.94. The van der Waals surface area contributed by atoms with Crippen molar-refractivity contribution in [2.45, 2.75) is 17.9 Å². The van der Waals surface area contributed by atoms with Gasteiger partial charge in [-0.3, -0.25) is 4.79 Å². The molecule has 2 rings (SSSR count). The predicted molar refractivity (Wildman–Crippen MR) is 81.6 cm³/mol. The van der Waals surface area contributed by atoms with E-state index < -0.39 is 9.84 Å². The highest BCUT2D eigenvalue weighted by Gasteiger charge is 2.08. The molecule has 0 saturated heterocycles. The molecule has 0 atom stereocenters. The van der Waals surface area contributed by atoms with Gasteiger partial charge in [-0.2, -0.15) is 0 Å². The molecule has 0 bridgehead atoms. The number of hydrogen-bond acceptors (Lipinski definition) is 6. The summed E-state index contributed by atoms with van der Waals surface area (Å²) in [6.45, 7) is 0.336. The average molecular weight is 325 g/mol. The van der Waals surface area contributed by atoms with Gasteiger partial charge in [0.05, 0.1) is 17.0 Å². The molecule has 0 aliphatic heterocycles. The molecule has 0 saturated carbocycles. The number of sulfone groups is 1. The van der Waals surface area contributed by atoms with Gasteiger partial charge in [-0.15, -0.1) is 11.3 Å². The molecule has 1 amide bonds. The van der Waals surface area contributed by atoms with Gasteiger partial charge >= 0.3 is 0 Å². The van der Waals surface area contributed by atoms with E-state index in [0.717, 1.165) is 11.8 Å². The second kappa shape index (κ2) is 6.23. The van der Waals surface area contributed by atoms with Crippen LogP contribution in [0.15, 0.2) is 34.5 Å². The summed E-state index contributed by atoms with van der Waals surface area (Å²) in [6, 6.07) is 6.41. The standard InChI is InChI=1S/C13H15N3O3S2/c1-21(18,19)11-4-2-9(3-5-11)7-15-12(17)6-10-8-20-13(14)16-10/h2-5,8H,6-7H2,1H3,(H2,14,16)(H,15,17). The fraction of sp³-hybridized carbons (Fsp3) is 0.231. The number of nitrogens with one attached hydrogen (secondary N) is 1. The number of aromatic nitrogens is 1. The Balaban J connectivity index is 1.89. The fourth-order valence-corrected chi connectivity index (χ4v) is 2.88. The van der Waals surface area contributed by atoms with Crippen LogP contribution in [0.4, 0.5) is 5.13 Å². The second-order valence-electron chi connectivity index (χ2n) is 4.55. The van der Waals surface area contributed by atoms with E-state index in [1.807, 2.05) is 0 Å². The molecule has 1 aromatic carbocycles. The van der Waals surface area contributed by atoms with Gasteiger partial charge in [-0.25, -0.2) is 13.4 Å². The highest BCUT2D eigenvalue weighted by atomic mass is 32.2. The Morgan fingerprint density at radius 2 is 2.00 bits per heavy atom. The Morgan fingerprint density at radius 1 is 1.33 bits per heavy atom. The van der Waals surface area contributed by atoms with E-state index in [9.17, 15) is 13.2 Å². The van der Waals surface area contributed by atoms with Crippen molar-refractivity contribution in [3.05, 3.63) is 40.9 Å². The van der Waals surface area contributed by atoms with Crippen LogP contribution in [0.2, 0.25) is 0 Å². The molecule has 0 unspecified atom stereocenters. The van der Waals surface area contributed by atoms with Crippen LogP contribution in [0.3, 0.4) is 0 Å². The zero-order chi connectivity index (χ0) is 15.5. The third kappa shape index (κ3) is 4.54. The van der Waals surface area contributed by atoms with Crippen LogP contribution in [0.1, 0.15) is 11.3 Å². The Bertz CT molecular complexity index is 736. The number of carbonyl (C=O) groups is 1. The first kappa shape index (κ1) is 15.5. The van der Waals surface area contributed by atoms with Crippen LogP contribution in [-0.2, 0) is 27.6 Å². The normalized spacial score (nSPS) is 11.3. The zero-order valence-electron chi connectivity index (χ0n) is 11.4. The molecule has 0 aliphatic carbocycles. The lowest BCUT2D eigenvalue weighted by atomic mass is 10.2. The molecule has 8 heteroatoms. The first-order valence-electron chi connectivity index (χ1n) is 6.10. The molecule has 6 nitrogen and oxygen atoms in total. The van der Waals surface area contributed by atoms with Crippen molar-refractivity contribution in [2.75, 3.05) is 12.0 Å². The average Bonchev–Trinajstić information content (AvgIpc) is 2.81. The zero-order valence-corrected chi connectivity index (χ0v) is 13.0. The van der Waals surface area contributed by atoms with Gasteiger partial charge in [0.2, 0.25) is 5.91 Å². The van der Waals surface area contributed by atoms with Gasteiger partial charge in [-0.05, 0) is 17.7 Å². The molecular formula is C13H15N3O3S2. The minimum Gasteiger partial charge on any atom is -0.375 e. The van der Waals surface area contributed by atoms with Crippen molar-refractivity contribution in [1.82, 2.24) is 10.3 Å². The molecule has 1 aromatic heterocycles. The van der Waals surface area contributed by atoms with Crippen molar-refractivity contribution >= 4 is 32.2 Å². The number of thiazole rings is 1. The Hall–Kier alpha value is -1.93. The van der Waals surface area contributed by atoms with E-state index in [1.54, 1.807) is 17.5 Å². The number of nitrogens with zero attached hydrogens (tertiary/aromatic N) is 1. The molecule has 3 N–H and O–H groups in total. The summed E-state index contributed by atoms with van der Waals surface area (Å²) in [5.74, 6) is -0.160. The van der Waals surface area contributed by atoms with Crippen LogP contribution in [0.25, 0.3) is 0 Å². The van der Waals surface area contributed by atoms with Crippen LogP contribution in [0, 0.1) is 0 Å². The number of anilines is 1. The molecular weight excluding hydrogens is 310 g/mol. The molecule has 0 aliphatic rings. The quantitative estimate of drug-likeness (QED) is 0.853. The third-order valence-electron chi connectivity index (χ3n) is 2.75. The van der Waals surface area contributed by atoms with E-state index in [-0.39, 0.29) is 17.2 Å². The summed E-state index contributed by atoms with van der Waals surface area (Å²) < 4.78 is 22.7. The third-order valence-corrected chi connectivity index (χ3v) is 4.60. The maximum Gasteiger partial charge on any atom is 0.226 e. The van der Waals surface area contributed by atoms with Gasteiger partial charge in [0, 0.05) is 18.2 Å². The molecule has 0 spiro atoms. The smallest absolute Gasteiger partial charge is 0.226 e. The highest BCUT2D eigenvalue weighted by Crippen LogP contribution is 2.12. The van der Waals surface area contributed by atoms with Gasteiger partial charge in [0.25, 0.3) is 0 Å². The number of nitrogens with two attached hydrogens (primary N) is 1. The first-order valence-corrected chi connectivity index (χ1v) is 8.87. The monoisotopic (exact) mass is 325 g/mol. The minimum absolute atomic E-state index is 0.160. The van der Waals surface area contributed by atoms with Crippen molar-refractivity contribution in [3.8, 4) is 0 Å². The maximum atomic E-state index is 11.7. The summed E-state index contributed by atoms with van der Waals surface area (Å²) in [6.07, 6.45) is 1.33. The molecule has 1 heterocycles. The van der Waals surface area contributed by atoms with Gasteiger partial charge < -0.3 is 11.1 Å². The summed E-state index contributed by atoms with van der Waals surface area (Å²) >= 11 is 1.29. The Morgan fingerprint density at radius 3 is 2.52 bits per heavy atom. The van der Waals surface area contributed by atoms with Gasteiger partial charge in [-0.1, -0.05) is 12.1 Å². The van der Waals surface area contributed by atoms with E-state index in [2.05, 4.69) is 10.3 Å². The summed E-state index contributed by atoms with van der Waals surface area (Å²) in [4.78, 5) is 16.0. The number of carbonyl (C=O) groups excluding carboxylic acids is 1. The van der Waals surface area contributed by atoms with Crippen LogP contribution >= 0.6 is 11.3 Å². The van der Waals surface area contributed by atoms with E-state index in [4.69, 9.17) is 5.73 Å². The van der Waals surface area contributed by atoms with E-state index in [1.165, 1.54) is 23.5 Å². The SMILES string of the molecule is CS(=O)(=O)c1ccc(CNC(=O)Cc2csc(N)n2)cc1. The largest absolute Gasteiger partial charge is 0.375 e. The lowest BCUT2D eigenvalue weighted by Gasteiger charge is -2.05. The lowest BCUT2D eigenvalue weighted by Crippen LogP contribution is -2.24. The number of amides is 1. The van der Waals surface area contributed by atoms with Crippen molar-refractivity contribution in [3.63, 3.8) is 0 Å². The number of benzene rings is 1. The Labute approximate surface area is 126 Å². The highest BCUT2D eigenvalue weighted by molar-refractivity contribution is 7.90. The Kier molecular flexibility index (Phi) is 4.59. The minimum atomic E-state index is -3.20. The van der Waals surface area contributed by atoms with Gasteiger partial charge in [0.1, 0.15) is 0 Å². The van der Waals surface area contributed by atoms with Crippen LogP contribution in [0.5, 0.6) is 0 Å². The molecule has 0 radical (unpaired) electrons. The number of hydrogen-bond donors (Lipinski definition) is 2. The number of rotatable bonds is 5. The van der Waals surface area contributed by atoms with Crippen molar-refractivity contribution in [2.24, 2.45) is 0 Å². The van der Waals surface area contributed by atoms with Crippen molar-refractivity contribution in [1.29, 1.82) is 0 Å². The van der Waals surface area contributed by atoms with Crippen LogP contribution in [-0.4, -0.2) is 25.6 Å².